The molecule has 300 valence electrons. The van der Waals surface area contributed by atoms with Gasteiger partial charge < -0.3 is 15.5 Å². The molecule has 0 amide bonds. The second-order valence-electron chi connectivity index (χ2n) is 22.0. The van der Waals surface area contributed by atoms with E-state index in [2.05, 4.69) is 15.5 Å². The summed E-state index contributed by atoms with van der Waals surface area (Å²) in [4.78, 5) is 17.7. The number of anilines is 3. The van der Waals surface area contributed by atoms with E-state index >= 15 is 0 Å². The average Bonchev–Trinajstić information content (AvgIpc) is 2.95. The lowest BCUT2D eigenvalue weighted by molar-refractivity contribution is -0.294. The van der Waals surface area contributed by atoms with E-state index in [1.54, 1.807) is 0 Å². The Bertz CT molecular complexity index is 1320. The van der Waals surface area contributed by atoms with E-state index in [9.17, 15) is 20.8 Å². The molecule has 14 heteroatoms. The van der Waals surface area contributed by atoms with E-state index in [0.717, 1.165) is 0 Å². The van der Waals surface area contributed by atoms with Crippen LogP contribution >= 0.6 is 0 Å². The molecule has 4 radical (unpaired) electrons. The van der Waals surface area contributed by atoms with Crippen LogP contribution in [0.25, 0.3) is 0 Å². The van der Waals surface area contributed by atoms with E-state index in [1.165, 1.54) is 20.3 Å². The molecule has 0 atom stereocenters. The van der Waals surface area contributed by atoms with Gasteiger partial charge in [-0.15, -0.1) is 41.1 Å². The summed E-state index contributed by atoms with van der Waals surface area (Å²) in [6, 6.07) is -0.365. The van der Waals surface area contributed by atoms with Gasteiger partial charge in [-0.05, 0) is 162 Å². The molecule has 0 aromatic carbocycles. The van der Waals surface area contributed by atoms with Gasteiger partial charge in [0.1, 0.15) is 0 Å². The van der Waals surface area contributed by atoms with Crippen molar-refractivity contribution in [2.45, 2.75) is 231 Å². The van der Waals surface area contributed by atoms with Crippen LogP contribution in [0.5, 0.6) is 0 Å². The highest BCUT2D eigenvalue weighted by atomic mass is 16.5. The quantitative estimate of drug-likeness (QED) is 0.299. The maximum absolute atomic E-state index is 13.6. The van der Waals surface area contributed by atoms with Crippen LogP contribution in [0.1, 0.15) is 162 Å². The van der Waals surface area contributed by atoms with Crippen LogP contribution in [0.4, 0.5) is 17.8 Å². The van der Waals surface area contributed by atoms with Crippen LogP contribution in [0.2, 0.25) is 0 Å². The Morgan fingerprint density at radius 2 is 0.642 bits per heavy atom. The number of hydroxylamine groups is 8. The Morgan fingerprint density at radius 3 is 0.887 bits per heavy atom. The molecule has 0 aliphatic carbocycles. The Morgan fingerprint density at radius 1 is 0.415 bits per heavy atom. The standard InChI is InChI=1S/C39H70N10O4/c1-32(2)17-25(18-33(3,4)46(32)50)40-29-42-30(41-26-19-34(5,6)47(51)35(7,8)20-26)44-31(43-29)45(27-21-36(9,10)48(52)37(11,12)22-27)28-23-38(13,14)49(53)39(15,16)24-28/h25-28H,17-24H2,1-16H3,(H2,40,41,42,43,44). The van der Waals surface area contributed by atoms with Crippen LogP contribution in [0, 0.1) is 0 Å². The summed E-state index contributed by atoms with van der Waals surface area (Å²) >= 11 is 0. The molecule has 0 unspecified atom stereocenters. The van der Waals surface area contributed by atoms with Crippen LogP contribution in [-0.4, -0.2) is 104 Å². The molecule has 1 aromatic rings. The largest absolute Gasteiger partial charge is 0.351 e. The van der Waals surface area contributed by atoms with Gasteiger partial charge in [0.2, 0.25) is 17.8 Å². The van der Waals surface area contributed by atoms with Crippen LogP contribution in [-0.2, 0) is 20.8 Å². The van der Waals surface area contributed by atoms with Crippen molar-refractivity contribution in [3.63, 3.8) is 0 Å². The van der Waals surface area contributed by atoms with Crippen molar-refractivity contribution in [3.8, 4) is 0 Å². The first-order chi connectivity index (χ1) is 23.8. The highest BCUT2D eigenvalue weighted by Gasteiger charge is 2.54. The summed E-state index contributed by atoms with van der Waals surface area (Å²) in [6.07, 6.45) is 4.76. The highest BCUT2D eigenvalue weighted by Crippen LogP contribution is 2.46. The lowest BCUT2D eigenvalue weighted by Crippen LogP contribution is -2.67. The molecule has 1 aromatic heterocycles. The minimum atomic E-state index is -0.656. The number of piperidine rings is 4. The number of hydrogen-bond acceptors (Lipinski definition) is 10. The van der Waals surface area contributed by atoms with Crippen molar-refractivity contribution in [1.82, 2.24) is 35.2 Å². The fraction of sp³-hybridized carbons (Fsp3) is 0.923. The number of hydrogen-bond donors (Lipinski definition) is 2. The molecule has 2 N–H and O–H groups in total. The summed E-state index contributed by atoms with van der Waals surface area (Å²) < 4.78 is 0. The zero-order valence-corrected chi connectivity index (χ0v) is 35.7. The third-order valence-electron chi connectivity index (χ3n) is 12.6. The van der Waals surface area contributed by atoms with Gasteiger partial charge in [-0.2, -0.15) is 15.0 Å². The van der Waals surface area contributed by atoms with Crippen molar-refractivity contribution >= 4 is 17.8 Å². The van der Waals surface area contributed by atoms with Crippen molar-refractivity contribution in [1.29, 1.82) is 0 Å². The molecule has 4 aliphatic rings. The molecule has 5 rings (SSSR count). The molecule has 5 heterocycles. The number of nitrogens with one attached hydrogen (secondary N) is 2. The van der Waals surface area contributed by atoms with Gasteiger partial charge >= 0.3 is 0 Å². The zero-order chi connectivity index (χ0) is 40.1. The lowest BCUT2D eigenvalue weighted by atomic mass is 9.75. The molecular formula is C39H70N10O4. The molecule has 0 spiro atoms. The van der Waals surface area contributed by atoms with Crippen molar-refractivity contribution < 1.29 is 20.8 Å². The van der Waals surface area contributed by atoms with Crippen molar-refractivity contribution in [3.05, 3.63) is 0 Å². The second-order valence-corrected chi connectivity index (χ2v) is 22.0. The first-order valence-electron chi connectivity index (χ1n) is 19.8. The summed E-state index contributed by atoms with van der Waals surface area (Å²) in [5.74, 6) is 1.33. The molecule has 14 nitrogen and oxygen atoms in total. The van der Waals surface area contributed by atoms with Gasteiger partial charge in [-0.3, -0.25) is 0 Å². The minimum absolute atomic E-state index is 0.0774. The minimum Gasteiger partial charge on any atom is -0.351 e. The smallest absolute Gasteiger partial charge is 0.232 e. The Hall–Kier alpha value is -1.91. The normalized spacial score (nSPS) is 29.5. The monoisotopic (exact) mass is 743 g/mol. The van der Waals surface area contributed by atoms with Gasteiger partial charge in [0.05, 0.1) is 0 Å². The van der Waals surface area contributed by atoms with Crippen LogP contribution in [0.15, 0.2) is 0 Å². The summed E-state index contributed by atoms with van der Waals surface area (Å²) in [6.45, 7) is 31.9. The first-order valence-corrected chi connectivity index (χ1v) is 19.8. The maximum Gasteiger partial charge on any atom is 0.232 e. The molecule has 0 bridgehead atoms. The van der Waals surface area contributed by atoms with Gasteiger partial charge in [0.15, 0.2) is 0 Å². The number of rotatable bonds is 7. The molecule has 53 heavy (non-hydrogen) atoms. The Kier molecular flexibility index (Phi) is 10.6. The van der Waals surface area contributed by atoms with Gasteiger partial charge in [0, 0.05) is 68.5 Å². The second kappa shape index (κ2) is 13.3. The van der Waals surface area contributed by atoms with Gasteiger partial charge in [0.25, 0.3) is 0 Å². The number of nitrogens with zero attached hydrogens (tertiary/aromatic N) is 8. The summed E-state index contributed by atoms with van der Waals surface area (Å²) in [7, 11) is 0. The van der Waals surface area contributed by atoms with E-state index in [0.29, 0.717) is 69.2 Å². The van der Waals surface area contributed by atoms with Crippen LogP contribution < -0.4 is 15.5 Å². The van der Waals surface area contributed by atoms with E-state index < -0.39 is 44.3 Å². The Balaban J connectivity index is 1.64. The lowest BCUT2D eigenvalue weighted by Gasteiger charge is -2.57. The third-order valence-corrected chi connectivity index (χ3v) is 12.6. The molecule has 0 saturated carbocycles. The summed E-state index contributed by atoms with van der Waals surface area (Å²) in [5.41, 5.74) is -5.02. The van der Waals surface area contributed by atoms with E-state index in [1.807, 2.05) is 111 Å². The molecule has 4 fully saturated rings. The fourth-order valence-electron chi connectivity index (χ4n) is 11.1. The first kappa shape index (κ1) is 42.2. The van der Waals surface area contributed by atoms with E-state index in [4.69, 9.17) is 15.0 Å². The third kappa shape index (κ3) is 8.31. The SMILES string of the molecule is CC1(C)CC(Nc2nc(NC3CC(C)(C)N([O])C(C)(C)C3)nc(N(C3CC(C)(C)N([O])C(C)(C)C3)C3CC(C)(C)N([O])C(C)(C)C3)n2)CC(C)(C)N1[O]. The average molecular weight is 743 g/mol. The van der Waals surface area contributed by atoms with E-state index in [-0.39, 0.29) is 24.2 Å². The zero-order valence-electron chi connectivity index (χ0n) is 35.7. The molecular weight excluding hydrogens is 672 g/mol. The topological polar surface area (TPSA) is 159 Å². The summed E-state index contributed by atoms with van der Waals surface area (Å²) in [5, 5.41) is 66.0. The maximum atomic E-state index is 13.6. The predicted molar refractivity (Wildman–Crippen MR) is 204 cm³/mol. The van der Waals surface area contributed by atoms with Crippen LogP contribution in [0.3, 0.4) is 0 Å². The van der Waals surface area contributed by atoms with Crippen molar-refractivity contribution in [2.75, 3.05) is 15.5 Å². The molecule has 4 saturated heterocycles. The van der Waals surface area contributed by atoms with Crippen molar-refractivity contribution in [2.24, 2.45) is 0 Å². The highest BCUT2D eigenvalue weighted by molar-refractivity contribution is 5.47. The fourth-order valence-corrected chi connectivity index (χ4v) is 11.1. The van der Waals surface area contributed by atoms with Gasteiger partial charge in [-0.25, -0.2) is 0 Å². The predicted octanol–water partition coefficient (Wildman–Crippen LogP) is 6.97. The van der Waals surface area contributed by atoms with Gasteiger partial charge in [-0.1, -0.05) is 0 Å². The number of aromatic nitrogens is 3. The Labute approximate surface area is 319 Å². The molecule has 4 aliphatic heterocycles.